The van der Waals surface area contributed by atoms with Crippen LogP contribution in [0.1, 0.15) is 24.2 Å². The van der Waals surface area contributed by atoms with Crippen molar-refractivity contribution >= 4 is 49.4 Å². The molecule has 0 heterocycles. The Balaban J connectivity index is 1.97. The van der Waals surface area contributed by atoms with Crippen molar-refractivity contribution in [3.05, 3.63) is 57.0 Å². The highest BCUT2D eigenvalue weighted by atomic mass is 79.9. The van der Waals surface area contributed by atoms with Crippen LogP contribution < -0.4 is 15.4 Å². The molecule has 0 aliphatic rings. The van der Waals surface area contributed by atoms with E-state index in [1.807, 2.05) is 26.0 Å². The number of nitrogens with one attached hydrogen (secondary N) is 2. The largest absolute Gasteiger partial charge is 0.490 e. The first-order valence-electron chi connectivity index (χ1n) is 7.65. The molecule has 0 fully saturated rings. The second kappa shape index (κ2) is 9.01. The summed E-state index contributed by atoms with van der Waals surface area (Å²) in [6.07, 6.45) is -0.0680. The molecule has 0 aromatic heterocycles. The monoisotopic (exact) mass is 468 g/mol. The number of halogens is 2. The minimum atomic E-state index is -0.367. The van der Waals surface area contributed by atoms with Crippen LogP contribution in [0, 0.1) is 0 Å². The van der Waals surface area contributed by atoms with Gasteiger partial charge in [0.2, 0.25) is 5.91 Å². The highest BCUT2D eigenvalue weighted by molar-refractivity contribution is 9.10. The number of benzene rings is 2. The van der Waals surface area contributed by atoms with Crippen LogP contribution in [-0.4, -0.2) is 24.5 Å². The second-order valence-electron chi connectivity index (χ2n) is 5.54. The molecule has 7 heteroatoms. The third-order valence-electron chi connectivity index (χ3n) is 3.09. The van der Waals surface area contributed by atoms with Crippen LogP contribution in [-0.2, 0) is 4.79 Å². The number of carbonyl (C=O) groups is 2. The Hall–Kier alpha value is -1.86. The van der Waals surface area contributed by atoms with Gasteiger partial charge in [-0.3, -0.25) is 9.59 Å². The van der Waals surface area contributed by atoms with Gasteiger partial charge in [0.05, 0.1) is 18.2 Å². The van der Waals surface area contributed by atoms with E-state index in [4.69, 9.17) is 4.74 Å². The predicted molar refractivity (Wildman–Crippen MR) is 105 cm³/mol. The summed E-state index contributed by atoms with van der Waals surface area (Å²) in [5, 5.41) is 5.33. The Morgan fingerprint density at radius 2 is 1.68 bits per heavy atom. The van der Waals surface area contributed by atoms with Crippen molar-refractivity contribution in [2.24, 2.45) is 0 Å². The predicted octanol–water partition coefficient (Wildman–Crippen LogP) is 4.37. The average Bonchev–Trinajstić information content (AvgIpc) is 2.54. The van der Waals surface area contributed by atoms with E-state index in [9.17, 15) is 9.59 Å². The van der Waals surface area contributed by atoms with E-state index in [0.29, 0.717) is 17.0 Å². The highest BCUT2D eigenvalue weighted by Gasteiger charge is 2.15. The summed E-state index contributed by atoms with van der Waals surface area (Å²) in [7, 11) is 0. The Labute approximate surface area is 163 Å². The molecule has 5 nitrogen and oxygen atoms in total. The molecule has 25 heavy (non-hydrogen) atoms. The lowest BCUT2D eigenvalue weighted by atomic mass is 10.2. The Morgan fingerprint density at radius 1 is 1.04 bits per heavy atom. The summed E-state index contributed by atoms with van der Waals surface area (Å²) in [5.74, 6) is -0.205. The van der Waals surface area contributed by atoms with Gasteiger partial charge in [0.15, 0.2) is 0 Å². The van der Waals surface area contributed by atoms with Gasteiger partial charge in [0, 0.05) is 14.6 Å². The summed E-state index contributed by atoms with van der Waals surface area (Å²) >= 11 is 6.69. The number of hydrogen-bond acceptors (Lipinski definition) is 3. The summed E-state index contributed by atoms with van der Waals surface area (Å²) in [5.41, 5.74) is 1.04. The van der Waals surface area contributed by atoms with Gasteiger partial charge in [-0.25, -0.2) is 0 Å². The fourth-order valence-corrected chi connectivity index (χ4v) is 2.63. The normalized spacial score (nSPS) is 10.4. The van der Waals surface area contributed by atoms with E-state index in [1.54, 1.807) is 30.3 Å². The van der Waals surface area contributed by atoms with Crippen LogP contribution in [0.3, 0.4) is 0 Å². The van der Waals surface area contributed by atoms with Crippen molar-refractivity contribution in [1.29, 1.82) is 0 Å². The van der Waals surface area contributed by atoms with Crippen LogP contribution in [0.15, 0.2) is 51.4 Å². The van der Waals surface area contributed by atoms with Gasteiger partial charge >= 0.3 is 0 Å². The van der Waals surface area contributed by atoms with E-state index >= 15 is 0 Å². The van der Waals surface area contributed by atoms with Crippen molar-refractivity contribution in [2.75, 3.05) is 11.9 Å². The molecule has 2 amide bonds. The summed E-state index contributed by atoms with van der Waals surface area (Å²) < 4.78 is 7.40. The molecule has 0 bridgehead atoms. The van der Waals surface area contributed by atoms with Gasteiger partial charge in [0.25, 0.3) is 5.91 Å². The number of ether oxygens (including phenoxy) is 1. The molecule has 0 spiro atoms. The fraction of sp³-hybridized carbons (Fsp3) is 0.222. The van der Waals surface area contributed by atoms with Gasteiger partial charge in [-0.2, -0.15) is 0 Å². The quantitative estimate of drug-likeness (QED) is 0.660. The minimum absolute atomic E-state index is 0.0680. The topological polar surface area (TPSA) is 67.4 Å². The standard InChI is InChI=1S/C18H18Br2N2O3/c1-11(2)25-16-9-13(20)5-8-15(16)18(24)21-10-17(23)22-14-6-3-12(19)4-7-14/h3-9,11H,10H2,1-2H3,(H,21,24)(H,22,23). The Bertz CT molecular complexity index is 761. The molecule has 0 aliphatic heterocycles. The second-order valence-corrected chi connectivity index (χ2v) is 7.38. The van der Waals surface area contributed by atoms with Gasteiger partial charge < -0.3 is 15.4 Å². The van der Waals surface area contributed by atoms with Gasteiger partial charge in [-0.1, -0.05) is 31.9 Å². The summed E-state index contributed by atoms with van der Waals surface area (Å²) in [6, 6.07) is 12.3. The summed E-state index contributed by atoms with van der Waals surface area (Å²) in [6.45, 7) is 3.63. The van der Waals surface area contributed by atoms with Gasteiger partial charge in [-0.05, 0) is 56.3 Å². The fourth-order valence-electron chi connectivity index (χ4n) is 2.03. The maximum Gasteiger partial charge on any atom is 0.255 e. The molecule has 0 unspecified atom stereocenters. The van der Waals surface area contributed by atoms with Crippen molar-refractivity contribution in [2.45, 2.75) is 20.0 Å². The highest BCUT2D eigenvalue weighted by Crippen LogP contribution is 2.24. The molecule has 0 saturated carbocycles. The number of rotatable bonds is 6. The van der Waals surface area contributed by atoms with Crippen molar-refractivity contribution in [3.63, 3.8) is 0 Å². The van der Waals surface area contributed by atoms with Crippen molar-refractivity contribution in [3.8, 4) is 5.75 Å². The minimum Gasteiger partial charge on any atom is -0.490 e. The molecule has 2 aromatic rings. The maximum atomic E-state index is 12.4. The van der Waals surface area contributed by atoms with Crippen LogP contribution in [0.4, 0.5) is 5.69 Å². The molecule has 2 N–H and O–H groups in total. The van der Waals surface area contributed by atoms with E-state index < -0.39 is 0 Å². The number of amides is 2. The zero-order chi connectivity index (χ0) is 18.4. The molecular weight excluding hydrogens is 452 g/mol. The van der Waals surface area contributed by atoms with Gasteiger partial charge in [0.1, 0.15) is 5.75 Å². The molecule has 0 saturated heterocycles. The zero-order valence-electron chi connectivity index (χ0n) is 13.8. The SMILES string of the molecule is CC(C)Oc1cc(Br)ccc1C(=O)NCC(=O)Nc1ccc(Br)cc1. The first kappa shape index (κ1) is 19.5. The lowest BCUT2D eigenvalue weighted by molar-refractivity contribution is -0.115. The van der Waals surface area contributed by atoms with Crippen LogP contribution >= 0.6 is 31.9 Å². The molecule has 0 atom stereocenters. The smallest absolute Gasteiger partial charge is 0.255 e. The third kappa shape index (κ3) is 6.17. The molecular formula is C18H18Br2N2O3. The molecule has 2 aromatic carbocycles. The average molecular weight is 470 g/mol. The lowest BCUT2D eigenvalue weighted by Gasteiger charge is -2.14. The number of hydrogen-bond donors (Lipinski definition) is 2. The van der Waals surface area contributed by atoms with Crippen molar-refractivity contribution in [1.82, 2.24) is 5.32 Å². The maximum absolute atomic E-state index is 12.4. The molecule has 0 radical (unpaired) electrons. The van der Waals surface area contributed by atoms with Crippen LogP contribution in [0.25, 0.3) is 0 Å². The van der Waals surface area contributed by atoms with Crippen LogP contribution in [0.2, 0.25) is 0 Å². The summed E-state index contributed by atoms with van der Waals surface area (Å²) in [4.78, 5) is 24.3. The van der Waals surface area contributed by atoms with E-state index in [-0.39, 0.29) is 24.5 Å². The first-order chi connectivity index (χ1) is 11.8. The van der Waals surface area contributed by atoms with E-state index in [2.05, 4.69) is 42.5 Å². The lowest BCUT2D eigenvalue weighted by Crippen LogP contribution is -2.33. The first-order valence-corrected chi connectivity index (χ1v) is 9.23. The molecule has 0 aliphatic carbocycles. The Kier molecular flexibility index (Phi) is 7.01. The third-order valence-corrected chi connectivity index (χ3v) is 4.11. The van der Waals surface area contributed by atoms with Gasteiger partial charge in [-0.15, -0.1) is 0 Å². The van der Waals surface area contributed by atoms with Crippen molar-refractivity contribution < 1.29 is 14.3 Å². The molecule has 132 valence electrons. The van der Waals surface area contributed by atoms with E-state index in [0.717, 1.165) is 8.95 Å². The number of anilines is 1. The zero-order valence-corrected chi connectivity index (χ0v) is 17.0. The Morgan fingerprint density at radius 3 is 2.32 bits per heavy atom. The van der Waals surface area contributed by atoms with Crippen LogP contribution in [0.5, 0.6) is 5.75 Å². The number of carbonyl (C=O) groups excluding carboxylic acids is 2. The molecule has 2 rings (SSSR count). The van der Waals surface area contributed by atoms with E-state index in [1.165, 1.54) is 0 Å².